The van der Waals surface area contributed by atoms with Crippen LogP contribution in [0.4, 0.5) is 0 Å². The molecular weight excluding hydrogens is 182 g/mol. The number of thiol groups is 1. The molecule has 0 aliphatic carbocycles. The van der Waals surface area contributed by atoms with E-state index in [0.29, 0.717) is 0 Å². The van der Waals surface area contributed by atoms with Crippen LogP contribution in [0.5, 0.6) is 0 Å². The number of ether oxygens (including phenoxy) is 1. The van der Waals surface area contributed by atoms with E-state index in [9.17, 15) is 0 Å². The molecule has 0 aliphatic rings. The fourth-order valence-electron chi connectivity index (χ4n) is 1.32. The summed E-state index contributed by atoms with van der Waals surface area (Å²) in [5.74, 6) is 0. The van der Waals surface area contributed by atoms with Gasteiger partial charge in [-0.2, -0.15) is 0 Å². The third-order valence-corrected chi connectivity index (χ3v) is 2.00. The van der Waals surface area contributed by atoms with Gasteiger partial charge in [-0.05, 0) is 32.9 Å². The smallest absolute Gasteiger partial charge is 0.0972 e. The van der Waals surface area contributed by atoms with Crippen LogP contribution in [0.25, 0.3) is 0 Å². The van der Waals surface area contributed by atoms with Crippen LogP contribution >= 0.6 is 12.6 Å². The molecule has 1 atom stereocenters. The Labute approximate surface area is 88.1 Å². The van der Waals surface area contributed by atoms with Crippen molar-refractivity contribution in [3.63, 3.8) is 0 Å². The summed E-state index contributed by atoms with van der Waals surface area (Å²) >= 11 is 4.16. The van der Waals surface area contributed by atoms with Crippen LogP contribution in [0, 0.1) is 0 Å². The lowest BCUT2D eigenvalue weighted by atomic mass is 10.3. The second-order valence-corrected chi connectivity index (χ2v) is 4.04. The Morgan fingerprint density at radius 1 is 1.15 bits per heavy atom. The maximum Gasteiger partial charge on any atom is 0.0972 e. The van der Waals surface area contributed by atoms with Gasteiger partial charge in [-0.15, -0.1) is 12.6 Å². The summed E-state index contributed by atoms with van der Waals surface area (Å²) < 4.78 is 5.39. The molecule has 2 nitrogen and oxygen atoms in total. The minimum Gasteiger partial charge on any atom is -0.367 e. The lowest BCUT2D eigenvalue weighted by molar-refractivity contribution is 0.0962. The van der Waals surface area contributed by atoms with Crippen LogP contribution in [0.15, 0.2) is 0 Å². The molecule has 0 aliphatic heterocycles. The zero-order valence-corrected chi connectivity index (χ0v) is 10.0. The van der Waals surface area contributed by atoms with Crippen LogP contribution < -0.4 is 0 Å². The van der Waals surface area contributed by atoms with Gasteiger partial charge in [0.1, 0.15) is 0 Å². The molecule has 0 aromatic heterocycles. The summed E-state index contributed by atoms with van der Waals surface area (Å²) in [6.45, 7) is 10.6. The van der Waals surface area contributed by atoms with Crippen molar-refractivity contribution < 1.29 is 4.74 Å². The number of hydrogen-bond acceptors (Lipinski definition) is 3. The molecule has 0 heterocycles. The van der Waals surface area contributed by atoms with Crippen LogP contribution in [-0.2, 0) is 4.74 Å². The third kappa shape index (κ3) is 8.60. The highest BCUT2D eigenvalue weighted by Crippen LogP contribution is 1.97. The average Bonchev–Trinajstić information content (AvgIpc) is 2.04. The van der Waals surface area contributed by atoms with Crippen molar-refractivity contribution in [1.82, 2.24) is 4.90 Å². The van der Waals surface area contributed by atoms with Crippen molar-refractivity contribution in [2.24, 2.45) is 0 Å². The first kappa shape index (κ1) is 13.3. The molecule has 0 saturated carbocycles. The van der Waals surface area contributed by atoms with Crippen molar-refractivity contribution in [2.45, 2.75) is 39.0 Å². The molecule has 80 valence electrons. The van der Waals surface area contributed by atoms with Gasteiger partial charge in [0.05, 0.1) is 12.0 Å². The Morgan fingerprint density at radius 3 is 2.08 bits per heavy atom. The average molecular weight is 205 g/mol. The third-order valence-electron chi connectivity index (χ3n) is 1.85. The van der Waals surface area contributed by atoms with Gasteiger partial charge in [-0.1, -0.05) is 13.8 Å². The van der Waals surface area contributed by atoms with Gasteiger partial charge in [0.15, 0.2) is 0 Å². The fourth-order valence-corrected chi connectivity index (χ4v) is 1.43. The molecule has 0 bridgehead atoms. The summed E-state index contributed by atoms with van der Waals surface area (Å²) in [7, 11) is 0. The molecule has 0 amide bonds. The minimum absolute atomic E-state index is 0.0603. The van der Waals surface area contributed by atoms with Gasteiger partial charge >= 0.3 is 0 Å². The van der Waals surface area contributed by atoms with Crippen LogP contribution in [-0.4, -0.2) is 36.6 Å². The lowest BCUT2D eigenvalue weighted by Gasteiger charge is -2.21. The van der Waals surface area contributed by atoms with E-state index in [2.05, 4.69) is 31.4 Å². The molecule has 0 aromatic carbocycles. The van der Waals surface area contributed by atoms with E-state index in [-0.39, 0.29) is 5.44 Å². The van der Waals surface area contributed by atoms with Crippen molar-refractivity contribution in [2.75, 3.05) is 26.2 Å². The first-order valence-electron chi connectivity index (χ1n) is 5.22. The number of hydrogen-bond donors (Lipinski definition) is 1. The molecule has 13 heavy (non-hydrogen) atoms. The van der Waals surface area contributed by atoms with Crippen molar-refractivity contribution in [3.05, 3.63) is 0 Å². The predicted octanol–water partition coefficient (Wildman–Crippen LogP) is 2.40. The minimum atomic E-state index is 0.0603. The monoisotopic (exact) mass is 205 g/mol. The number of nitrogens with zero attached hydrogens (tertiary/aromatic N) is 1. The predicted molar refractivity (Wildman–Crippen MR) is 61.4 cm³/mol. The summed E-state index contributed by atoms with van der Waals surface area (Å²) in [6, 6.07) is 0. The molecular formula is C10H23NOS. The molecule has 0 spiro atoms. The Bertz CT molecular complexity index is 103. The van der Waals surface area contributed by atoms with Crippen LogP contribution in [0.1, 0.15) is 33.6 Å². The fraction of sp³-hybridized carbons (Fsp3) is 1.00. The van der Waals surface area contributed by atoms with Gasteiger partial charge in [-0.25, -0.2) is 0 Å². The summed E-state index contributed by atoms with van der Waals surface area (Å²) in [6.07, 6.45) is 2.44. The van der Waals surface area contributed by atoms with Crippen molar-refractivity contribution in [3.8, 4) is 0 Å². The highest BCUT2D eigenvalue weighted by atomic mass is 32.1. The first-order valence-corrected chi connectivity index (χ1v) is 5.74. The van der Waals surface area contributed by atoms with Crippen LogP contribution in [0.2, 0.25) is 0 Å². The lowest BCUT2D eigenvalue weighted by Crippen LogP contribution is -2.29. The Balaban J connectivity index is 3.44. The molecule has 0 N–H and O–H groups in total. The molecule has 0 rings (SSSR count). The summed E-state index contributed by atoms with van der Waals surface area (Å²) in [4.78, 5) is 2.44. The SMILES string of the molecule is CCCN(CCC)CCOC(C)S. The Kier molecular flexibility index (Phi) is 9.03. The summed E-state index contributed by atoms with van der Waals surface area (Å²) in [5, 5.41) is 0. The van der Waals surface area contributed by atoms with Gasteiger partial charge < -0.3 is 9.64 Å². The highest BCUT2D eigenvalue weighted by molar-refractivity contribution is 7.80. The second-order valence-electron chi connectivity index (χ2n) is 3.31. The van der Waals surface area contributed by atoms with E-state index in [1.165, 1.54) is 25.9 Å². The molecule has 0 fully saturated rings. The zero-order valence-electron chi connectivity index (χ0n) is 9.12. The van der Waals surface area contributed by atoms with Gasteiger partial charge in [0.2, 0.25) is 0 Å². The largest absolute Gasteiger partial charge is 0.367 e. The van der Waals surface area contributed by atoms with E-state index in [0.717, 1.165) is 13.2 Å². The van der Waals surface area contributed by atoms with Crippen molar-refractivity contribution in [1.29, 1.82) is 0 Å². The maximum atomic E-state index is 5.39. The molecule has 3 heteroatoms. The van der Waals surface area contributed by atoms with Crippen LogP contribution in [0.3, 0.4) is 0 Å². The van der Waals surface area contributed by atoms with E-state index in [1.54, 1.807) is 0 Å². The Hall–Kier alpha value is 0.270. The van der Waals surface area contributed by atoms with E-state index < -0.39 is 0 Å². The molecule has 1 unspecified atom stereocenters. The zero-order chi connectivity index (χ0) is 10.1. The van der Waals surface area contributed by atoms with E-state index >= 15 is 0 Å². The van der Waals surface area contributed by atoms with Gasteiger partial charge in [0, 0.05) is 6.54 Å². The van der Waals surface area contributed by atoms with E-state index in [4.69, 9.17) is 4.74 Å². The first-order chi connectivity index (χ1) is 6.20. The standard InChI is InChI=1S/C10H23NOS/c1-4-6-11(7-5-2)8-9-12-10(3)13/h10,13H,4-9H2,1-3H3. The molecule has 0 radical (unpaired) electrons. The topological polar surface area (TPSA) is 12.5 Å². The van der Waals surface area contributed by atoms with Gasteiger partial charge in [-0.3, -0.25) is 0 Å². The Morgan fingerprint density at radius 2 is 1.69 bits per heavy atom. The quantitative estimate of drug-likeness (QED) is 0.482. The normalized spacial score (nSPS) is 13.6. The summed E-state index contributed by atoms with van der Waals surface area (Å²) in [5.41, 5.74) is 0.0603. The van der Waals surface area contributed by atoms with E-state index in [1.807, 2.05) is 6.92 Å². The van der Waals surface area contributed by atoms with Gasteiger partial charge in [0.25, 0.3) is 0 Å². The van der Waals surface area contributed by atoms with Crippen molar-refractivity contribution >= 4 is 12.6 Å². The highest BCUT2D eigenvalue weighted by Gasteiger charge is 2.02. The molecule has 0 aromatic rings. The second kappa shape index (κ2) is 8.85. The molecule has 0 saturated heterocycles. The number of rotatable bonds is 8. The maximum absolute atomic E-state index is 5.39.